The second kappa shape index (κ2) is 7.99. The van der Waals surface area contributed by atoms with Crippen molar-refractivity contribution in [2.24, 2.45) is 0 Å². The molecular weight excluding hydrogens is 374 g/mol. The van der Waals surface area contributed by atoms with Crippen LogP contribution in [-0.4, -0.2) is 33.8 Å². The van der Waals surface area contributed by atoms with Gasteiger partial charge in [0, 0.05) is 36.1 Å². The number of fused-ring (bicyclic) bond motifs is 1. The lowest BCUT2D eigenvalue weighted by Crippen LogP contribution is -2.19. The molecule has 1 N–H and O–H groups in total. The SMILES string of the molecule is O=C(Cn1ccc2ccccc21)Nc1cccc(-c2ccc(N3CCCC3)nn2)c1. The summed E-state index contributed by atoms with van der Waals surface area (Å²) in [5.74, 6) is 0.864. The van der Waals surface area contributed by atoms with Crippen molar-refractivity contribution in [1.29, 1.82) is 0 Å². The van der Waals surface area contributed by atoms with Crippen LogP contribution in [0.4, 0.5) is 11.5 Å². The number of carbonyl (C=O) groups excluding carboxylic acids is 1. The first kappa shape index (κ1) is 18.4. The Morgan fingerprint density at radius 1 is 0.933 bits per heavy atom. The van der Waals surface area contributed by atoms with E-state index in [1.807, 2.05) is 77.5 Å². The average Bonchev–Trinajstić information content (AvgIpc) is 3.45. The van der Waals surface area contributed by atoms with Gasteiger partial charge in [-0.3, -0.25) is 4.79 Å². The number of amides is 1. The predicted octanol–water partition coefficient (Wildman–Crippen LogP) is 4.34. The minimum atomic E-state index is -0.0658. The van der Waals surface area contributed by atoms with Gasteiger partial charge in [-0.15, -0.1) is 10.2 Å². The molecule has 0 radical (unpaired) electrons. The number of hydrogen-bond donors (Lipinski definition) is 1. The molecule has 1 fully saturated rings. The molecule has 2 aromatic carbocycles. The van der Waals surface area contributed by atoms with Crippen molar-refractivity contribution in [3.8, 4) is 11.3 Å². The van der Waals surface area contributed by atoms with E-state index in [9.17, 15) is 4.79 Å². The smallest absolute Gasteiger partial charge is 0.244 e. The van der Waals surface area contributed by atoms with Gasteiger partial charge in [-0.2, -0.15) is 0 Å². The van der Waals surface area contributed by atoms with Gasteiger partial charge in [-0.25, -0.2) is 0 Å². The monoisotopic (exact) mass is 397 g/mol. The molecule has 150 valence electrons. The number of para-hydroxylation sites is 1. The van der Waals surface area contributed by atoms with Crippen molar-refractivity contribution < 1.29 is 4.79 Å². The second-order valence-electron chi connectivity index (χ2n) is 7.60. The molecule has 2 aromatic heterocycles. The summed E-state index contributed by atoms with van der Waals surface area (Å²) < 4.78 is 1.96. The summed E-state index contributed by atoms with van der Waals surface area (Å²) in [6.07, 6.45) is 4.37. The fourth-order valence-electron chi connectivity index (χ4n) is 3.98. The maximum Gasteiger partial charge on any atom is 0.244 e. The van der Waals surface area contributed by atoms with Gasteiger partial charge in [0.2, 0.25) is 5.91 Å². The van der Waals surface area contributed by atoms with Gasteiger partial charge < -0.3 is 14.8 Å². The highest BCUT2D eigenvalue weighted by Gasteiger charge is 2.14. The van der Waals surface area contributed by atoms with Gasteiger partial charge in [0.05, 0.1) is 5.69 Å². The Labute approximate surface area is 175 Å². The topological polar surface area (TPSA) is 63.1 Å². The van der Waals surface area contributed by atoms with E-state index in [2.05, 4.69) is 20.4 Å². The first-order chi connectivity index (χ1) is 14.8. The fraction of sp³-hybridized carbons (Fsp3) is 0.208. The van der Waals surface area contributed by atoms with Crippen molar-refractivity contribution in [2.75, 3.05) is 23.3 Å². The number of anilines is 2. The van der Waals surface area contributed by atoms with Crippen LogP contribution in [0.3, 0.4) is 0 Å². The highest BCUT2D eigenvalue weighted by atomic mass is 16.1. The summed E-state index contributed by atoms with van der Waals surface area (Å²) in [6, 6.07) is 21.8. The lowest BCUT2D eigenvalue weighted by molar-refractivity contribution is -0.116. The zero-order valence-corrected chi connectivity index (χ0v) is 16.7. The maximum absolute atomic E-state index is 12.6. The molecule has 30 heavy (non-hydrogen) atoms. The molecule has 0 aliphatic carbocycles. The zero-order valence-electron chi connectivity index (χ0n) is 16.7. The van der Waals surface area contributed by atoms with Crippen molar-refractivity contribution in [3.63, 3.8) is 0 Å². The molecule has 0 saturated carbocycles. The molecule has 0 atom stereocenters. The molecule has 5 rings (SSSR count). The molecule has 0 bridgehead atoms. The number of benzene rings is 2. The first-order valence-corrected chi connectivity index (χ1v) is 10.3. The zero-order chi connectivity index (χ0) is 20.3. The summed E-state index contributed by atoms with van der Waals surface area (Å²) >= 11 is 0. The van der Waals surface area contributed by atoms with Gasteiger partial charge in [0.1, 0.15) is 6.54 Å². The Morgan fingerprint density at radius 3 is 2.63 bits per heavy atom. The molecule has 1 saturated heterocycles. The Kier molecular flexibility index (Phi) is 4.89. The van der Waals surface area contributed by atoms with E-state index in [4.69, 9.17) is 0 Å². The summed E-state index contributed by atoms with van der Waals surface area (Å²) in [5.41, 5.74) is 3.53. The molecule has 1 aliphatic rings. The van der Waals surface area contributed by atoms with Crippen molar-refractivity contribution in [1.82, 2.24) is 14.8 Å². The highest BCUT2D eigenvalue weighted by molar-refractivity contribution is 5.92. The summed E-state index contributed by atoms with van der Waals surface area (Å²) in [5, 5.41) is 12.9. The van der Waals surface area contributed by atoms with Crippen LogP contribution in [-0.2, 0) is 11.3 Å². The van der Waals surface area contributed by atoms with Crippen LogP contribution in [0.5, 0.6) is 0 Å². The Bertz CT molecular complexity index is 1180. The fourth-order valence-corrected chi connectivity index (χ4v) is 3.98. The van der Waals surface area contributed by atoms with E-state index >= 15 is 0 Å². The minimum Gasteiger partial charge on any atom is -0.355 e. The molecule has 0 unspecified atom stereocenters. The number of aromatic nitrogens is 3. The number of nitrogens with one attached hydrogen (secondary N) is 1. The molecule has 4 aromatic rings. The lowest BCUT2D eigenvalue weighted by Gasteiger charge is -2.15. The Hall–Kier alpha value is -3.67. The van der Waals surface area contributed by atoms with Gasteiger partial charge in [-0.1, -0.05) is 30.3 Å². The molecule has 0 spiro atoms. The summed E-state index contributed by atoms with van der Waals surface area (Å²) in [7, 11) is 0. The van der Waals surface area contributed by atoms with E-state index in [0.29, 0.717) is 0 Å². The molecule has 1 aliphatic heterocycles. The van der Waals surface area contributed by atoms with E-state index in [0.717, 1.165) is 46.8 Å². The maximum atomic E-state index is 12.6. The van der Waals surface area contributed by atoms with Crippen LogP contribution in [0, 0.1) is 0 Å². The number of carbonyl (C=O) groups is 1. The molecule has 3 heterocycles. The quantitative estimate of drug-likeness (QED) is 0.544. The van der Waals surface area contributed by atoms with Crippen LogP contribution in [0.1, 0.15) is 12.8 Å². The van der Waals surface area contributed by atoms with E-state index < -0.39 is 0 Å². The van der Waals surface area contributed by atoms with E-state index in [1.165, 1.54) is 12.8 Å². The number of nitrogens with zero attached hydrogens (tertiary/aromatic N) is 4. The third kappa shape index (κ3) is 3.76. The normalized spacial score (nSPS) is 13.7. The van der Waals surface area contributed by atoms with Crippen molar-refractivity contribution in [2.45, 2.75) is 19.4 Å². The van der Waals surface area contributed by atoms with Gasteiger partial charge in [-0.05, 0) is 54.6 Å². The van der Waals surface area contributed by atoms with Crippen LogP contribution < -0.4 is 10.2 Å². The van der Waals surface area contributed by atoms with E-state index in [1.54, 1.807) is 0 Å². The van der Waals surface area contributed by atoms with Crippen molar-refractivity contribution in [3.05, 3.63) is 72.9 Å². The highest BCUT2D eigenvalue weighted by Crippen LogP contribution is 2.23. The average molecular weight is 397 g/mol. The molecule has 6 nitrogen and oxygen atoms in total. The van der Waals surface area contributed by atoms with Gasteiger partial charge >= 0.3 is 0 Å². The third-order valence-corrected chi connectivity index (χ3v) is 5.52. The van der Waals surface area contributed by atoms with Gasteiger partial charge in [0.15, 0.2) is 5.82 Å². The van der Waals surface area contributed by atoms with Crippen LogP contribution in [0.25, 0.3) is 22.2 Å². The minimum absolute atomic E-state index is 0.0658. The largest absolute Gasteiger partial charge is 0.355 e. The Balaban J connectivity index is 1.29. The number of rotatable bonds is 5. The molecular formula is C24H23N5O. The Morgan fingerprint density at radius 2 is 1.80 bits per heavy atom. The van der Waals surface area contributed by atoms with Gasteiger partial charge in [0.25, 0.3) is 0 Å². The number of hydrogen-bond acceptors (Lipinski definition) is 4. The second-order valence-corrected chi connectivity index (χ2v) is 7.60. The third-order valence-electron chi connectivity index (χ3n) is 5.52. The lowest BCUT2D eigenvalue weighted by atomic mass is 10.1. The van der Waals surface area contributed by atoms with Crippen LogP contribution >= 0.6 is 0 Å². The molecule has 1 amide bonds. The van der Waals surface area contributed by atoms with Crippen molar-refractivity contribution >= 4 is 28.3 Å². The van der Waals surface area contributed by atoms with Crippen LogP contribution in [0.15, 0.2) is 72.9 Å². The summed E-state index contributed by atoms with van der Waals surface area (Å²) in [4.78, 5) is 14.9. The first-order valence-electron chi connectivity index (χ1n) is 10.3. The predicted molar refractivity (Wildman–Crippen MR) is 119 cm³/mol. The van der Waals surface area contributed by atoms with Crippen LogP contribution in [0.2, 0.25) is 0 Å². The van der Waals surface area contributed by atoms with E-state index in [-0.39, 0.29) is 12.5 Å². The molecule has 6 heteroatoms. The standard InChI is InChI=1S/C24H23N5O/c30-24(17-29-15-12-18-6-1-2-9-22(18)29)25-20-8-5-7-19(16-20)21-10-11-23(27-26-21)28-13-3-4-14-28/h1-2,5-12,15-16H,3-4,13-14,17H2,(H,25,30). The summed E-state index contributed by atoms with van der Waals surface area (Å²) in [6.45, 7) is 2.36.